The molecule has 0 aromatic heterocycles. The first-order valence-electron chi connectivity index (χ1n) is 5.97. The van der Waals surface area contributed by atoms with Gasteiger partial charge < -0.3 is 10.8 Å². The third kappa shape index (κ3) is 3.13. The van der Waals surface area contributed by atoms with Crippen LogP contribution in [0, 0.1) is 5.82 Å². The third-order valence-electron chi connectivity index (χ3n) is 3.14. The third-order valence-corrected chi connectivity index (χ3v) is 3.51. The van der Waals surface area contributed by atoms with Gasteiger partial charge in [0.05, 0.1) is 0 Å². The van der Waals surface area contributed by atoms with Gasteiger partial charge in [0.1, 0.15) is 11.4 Å². The highest BCUT2D eigenvalue weighted by Gasteiger charge is 2.28. The summed E-state index contributed by atoms with van der Waals surface area (Å²) in [6.45, 7) is 0.0316. The Morgan fingerprint density at radius 1 is 1.16 bits per heavy atom. The van der Waals surface area contributed by atoms with Crippen molar-refractivity contribution in [3.8, 4) is 0 Å². The Hall–Kier alpha value is -1.42. The molecular weight excluding hydrogens is 265 g/mol. The van der Waals surface area contributed by atoms with Crippen molar-refractivity contribution < 1.29 is 9.50 Å². The maximum atomic E-state index is 13.3. The van der Waals surface area contributed by atoms with Gasteiger partial charge in [0.25, 0.3) is 0 Å². The standard InChI is InChI=1S/C15H15ClFNO/c16-14-7-6-13(17)8-11(14)9-15(19,10-18)12-4-2-1-3-5-12/h1-8,19H,9-10,18H2. The van der Waals surface area contributed by atoms with Crippen molar-refractivity contribution in [3.63, 3.8) is 0 Å². The van der Waals surface area contributed by atoms with E-state index in [1.165, 1.54) is 18.2 Å². The molecule has 0 spiro atoms. The van der Waals surface area contributed by atoms with E-state index >= 15 is 0 Å². The van der Waals surface area contributed by atoms with Crippen LogP contribution in [0.5, 0.6) is 0 Å². The van der Waals surface area contributed by atoms with Gasteiger partial charge in [-0.15, -0.1) is 0 Å². The second kappa shape index (κ2) is 5.70. The lowest BCUT2D eigenvalue weighted by molar-refractivity contribution is 0.0462. The molecule has 0 aliphatic heterocycles. The zero-order valence-electron chi connectivity index (χ0n) is 10.3. The van der Waals surface area contributed by atoms with Crippen molar-refractivity contribution in [1.82, 2.24) is 0 Å². The molecule has 0 radical (unpaired) electrons. The van der Waals surface area contributed by atoms with Crippen molar-refractivity contribution >= 4 is 11.6 Å². The Morgan fingerprint density at radius 2 is 1.84 bits per heavy atom. The molecule has 2 rings (SSSR count). The van der Waals surface area contributed by atoms with Gasteiger partial charge in [0.15, 0.2) is 0 Å². The van der Waals surface area contributed by atoms with E-state index in [9.17, 15) is 9.50 Å². The lowest BCUT2D eigenvalue weighted by atomic mass is 9.87. The number of hydrogen-bond donors (Lipinski definition) is 2. The predicted octanol–water partition coefficient (Wildman–Crippen LogP) is 2.87. The minimum absolute atomic E-state index is 0.0316. The predicted molar refractivity (Wildman–Crippen MR) is 74.5 cm³/mol. The summed E-state index contributed by atoms with van der Waals surface area (Å²) in [7, 11) is 0. The molecule has 0 fully saturated rings. The van der Waals surface area contributed by atoms with E-state index in [2.05, 4.69) is 0 Å². The molecule has 0 amide bonds. The average molecular weight is 280 g/mol. The zero-order chi connectivity index (χ0) is 13.9. The molecule has 2 aromatic rings. The summed E-state index contributed by atoms with van der Waals surface area (Å²) >= 11 is 6.03. The molecule has 1 atom stereocenters. The maximum absolute atomic E-state index is 13.3. The molecule has 1 unspecified atom stereocenters. The lowest BCUT2D eigenvalue weighted by Gasteiger charge is -2.27. The number of benzene rings is 2. The Balaban J connectivity index is 2.36. The van der Waals surface area contributed by atoms with Crippen molar-refractivity contribution in [2.24, 2.45) is 5.73 Å². The quantitative estimate of drug-likeness (QED) is 0.904. The molecule has 0 aliphatic rings. The summed E-state index contributed by atoms with van der Waals surface area (Å²) in [5.74, 6) is -0.383. The molecule has 100 valence electrons. The van der Waals surface area contributed by atoms with Crippen LogP contribution in [0.3, 0.4) is 0 Å². The Kier molecular flexibility index (Phi) is 4.20. The summed E-state index contributed by atoms with van der Waals surface area (Å²) < 4.78 is 13.3. The highest BCUT2D eigenvalue weighted by atomic mass is 35.5. The van der Waals surface area contributed by atoms with Crippen LogP contribution in [0.25, 0.3) is 0 Å². The molecule has 3 N–H and O–H groups in total. The molecule has 2 nitrogen and oxygen atoms in total. The van der Waals surface area contributed by atoms with Crippen LogP contribution < -0.4 is 5.73 Å². The van der Waals surface area contributed by atoms with Gasteiger partial charge in [-0.3, -0.25) is 0 Å². The van der Waals surface area contributed by atoms with E-state index in [0.29, 0.717) is 16.1 Å². The molecule has 0 saturated carbocycles. The van der Waals surface area contributed by atoms with Gasteiger partial charge >= 0.3 is 0 Å². The first kappa shape index (κ1) is 14.0. The van der Waals surface area contributed by atoms with Crippen molar-refractivity contribution in [1.29, 1.82) is 0 Å². The van der Waals surface area contributed by atoms with Crippen LogP contribution in [0.15, 0.2) is 48.5 Å². The van der Waals surface area contributed by atoms with E-state index in [-0.39, 0.29) is 18.8 Å². The van der Waals surface area contributed by atoms with E-state index < -0.39 is 5.60 Å². The SMILES string of the molecule is NCC(O)(Cc1cc(F)ccc1Cl)c1ccccc1. The molecular formula is C15H15ClFNO. The Labute approximate surface area is 116 Å². The maximum Gasteiger partial charge on any atom is 0.123 e. The molecule has 2 aromatic carbocycles. The number of rotatable bonds is 4. The highest BCUT2D eigenvalue weighted by Crippen LogP contribution is 2.28. The van der Waals surface area contributed by atoms with Gasteiger partial charge in [0, 0.05) is 18.0 Å². The summed E-state index contributed by atoms with van der Waals surface area (Å²) in [4.78, 5) is 0. The van der Waals surface area contributed by atoms with Gasteiger partial charge in [-0.1, -0.05) is 41.9 Å². The fraction of sp³-hybridized carbons (Fsp3) is 0.200. The van der Waals surface area contributed by atoms with Crippen LogP contribution in [-0.4, -0.2) is 11.7 Å². The van der Waals surface area contributed by atoms with Gasteiger partial charge in [0.2, 0.25) is 0 Å². The molecule has 0 bridgehead atoms. The minimum atomic E-state index is -1.25. The van der Waals surface area contributed by atoms with Gasteiger partial charge in [-0.05, 0) is 29.3 Å². The lowest BCUT2D eigenvalue weighted by Crippen LogP contribution is -2.37. The van der Waals surface area contributed by atoms with Crippen LogP contribution in [0.2, 0.25) is 5.02 Å². The fourth-order valence-corrected chi connectivity index (χ4v) is 2.22. The monoisotopic (exact) mass is 279 g/mol. The highest BCUT2D eigenvalue weighted by molar-refractivity contribution is 6.31. The summed E-state index contributed by atoms with van der Waals surface area (Å²) in [6, 6.07) is 13.2. The Morgan fingerprint density at radius 3 is 2.47 bits per heavy atom. The molecule has 0 saturated heterocycles. The summed E-state index contributed by atoms with van der Waals surface area (Å²) in [5.41, 5.74) is 5.67. The van der Waals surface area contributed by atoms with Crippen LogP contribution in [0.4, 0.5) is 4.39 Å². The van der Waals surface area contributed by atoms with Crippen molar-refractivity contribution in [3.05, 3.63) is 70.5 Å². The van der Waals surface area contributed by atoms with E-state index in [1.807, 2.05) is 18.2 Å². The van der Waals surface area contributed by atoms with Crippen LogP contribution in [0.1, 0.15) is 11.1 Å². The Bertz CT molecular complexity index is 561. The van der Waals surface area contributed by atoms with Gasteiger partial charge in [-0.25, -0.2) is 4.39 Å². The minimum Gasteiger partial charge on any atom is -0.383 e. The smallest absolute Gasteiger partial charge is 0.123 e. The zero-order valence-corrected chi connectivity index (χ0v) is 11.1. The number of nitrogens with two attached hydrogens (primary N) is 1. The largest absolute Gasteiger partial charge is 0.383 e. The van der Waals surface area contributed by atoms with Crippen molar-refractivity contribution in [2.75, 3.05) is 6.54 Å². The van der Waals surface area contributed by atoms with E-state index in [4.69, 9.17) is 17.3 Å². The van der Waals surface area contributed by atoms with E-state index in [0.717, 1.165) is 0 Å². The van der Waals surface area contributed by atoms with E-state index in [1.54, 1.807) is 12.1 Å². The second-order valence-corrected chi connectivity index (χ2v) is 4.92. The molecule has 0 aliphatic carbocycles. The first-order valence-corrected chi connectivity index (χ1v) is 6.35. The van der Waals surface area contributed by atoms with Crippen molar-refractivity contribution in [2.45, 2.75) is 12.0 Å². The van der Waals surface area contributed by atoms with Crippen LogP contribution >= 0.6 is 11.6 Å². The first-order chi connectivity index (χ1) is 9.05. The number of aliphatic hydroxyl groups is 1. The van der Waals surface area contributed by atoms with Crippen LogP contribution in [-0.2, 0) is 12.0 Å². The number of halogens is 2. The summed E-state index contributed by atoms with van der Waals surface area (Å²) in [6.07, 6.45) is 0.171. The normalized spacial score (nSPS) is 14.1. The average Bonchev–Trinajstić information content (AvgIpc) is 2.44. The fourth-order valence-electron chi connectivity index (χ4n) is 2.03. The van der Waals surface area contributed by atoms with Gasteiger partial charge in [-0.2, -0.15) is 0 Å². The summed E-state index contributed by atoms with van der Waals surface area (Å²) in [5, 5.41) is 11.1. The molecule has 0 heterocycles. The molecule has 19 heavy (non-hydrogen) atoms. The second-order valence-electron chi connectivity index (χ2n) is 4.51. The number of hydrogen-bond acceptors (Lipinski definition) is 2. The molecule has 4 heteroatoms. The topological polar surface area (TPSA) is 46.2 Å².